The van der Waals surface area contributed by atoms with Gasteiger partial charge in [0.1, 0.15) is 0 Å². The van der Waals surface area contributed by atoms with Crippen molar-refractivity contribution in [1.29, 1.82) is 0 Å². The first-order valence-corrected chi connectivity index (χ1v) is 6.67. The third-order valence-corrected chi connectivity index (χ3v) is 2.90. The number of hydrogen-bond acceptors (Lipinski definition) is 4. The normalized spacial score (nSPS) is 11.7. The average molecular weight is 289 g/mol. The zero-order chi connectivity index (χ0) is 15.1. The molecule has 2 aromatic heterocycles. The minimum atomic E-state index is -0.228. The Labute approximate surface area is 123 Å². The fraction of sp³-hybridized carbons (Fsp3) is 0.357. The molecule has 0 fully saturated rings. The molecule has 21 heavy (non-hydrogen) atoms. The van der Waals surface area contributed by atoms with Gasteiger partial charge >= 0.3 is 6.03 Å². The van der Waals surface area contributed by atoms with Crippen molar-refractivity contribution in [3.8, 4) is 5.88 Å². The molecule has 0 aliphatic rings. The molecule has 0 aromatic carbocycles. The molecule has 0 spiro atoms. The van der Waals surface area contributed by atoms with Crippen LogP contribution >= 0.6 is 0 Å². The van der Waals surface area contributed by atoms with E-state index in [4.69, 9.17) is 4.74 Å². The van der Waals surface area contributed by atoms with Crippen LogP contribution in [-0.4, -0.2) is 33.7 Å². The topological polar surface area (TPSA) is 81.1 Å². The molecule has 2 N–H and O–H groups in total. The van der Waals surface area contributed by atoms with E-state index >= 15 is 0 Å². The molecule has 2 amide bonds. The van der Waals surface area contributed by atoms with E-state index in [1.54, 1.807) is 31.9 Å². The SMILES string of the molecule is COc1ncccc1CNC(=O)N[C@H](C)Cn1ccnc1. The summed E-state index contributed by atoms with van der Waals surface area (Å²) in [5, 5.41) is 5.66. The van der Waals surface area contributed by atoms with Crippen molar-refractivity contribution in [1.82, 2.24) is 25.2 Å². The largest absolute Gasteiger partial charge is 0.481 e. The van der Waals surface area contributed by atoms with Gasteiger partial charge in [-0.15, -0.1) is 0 Å². The summed E-state index contributed by atoms with van der Waals surface area (Å²) in [6.07, 6.45) is 6.93. The maximum Gasteiger partial charge on any atom is 0.315 e. The molecule has 1 atom stereocenters. The molecule has 0 saturated heterocycles. The predicted molar refractivity (Wildman–Crippen MR) is 77.8 cm³/mol. The Bertz CT molecular complexity index is 571. The van der Waals surface area contributed by atoms with Gasteiger partial charge in [0.05, 0.1) is 13.4 Å². The van der Waals surface area contributed by atoms with Crippen LogP contribution in [0, 0.1) is 0 Å². The Balaban J connectivity index is 1.79. The first-order valence-electron chi connectivity index (χ1n) is 6.67. The number of ether oxygens (including phenoxy) is 1. The highest BCUT2D eigenvalue weighted by molar-refractivity contribution is 5.74. The quantitative estimate of drug-likeness (QED) is 0.836. The molecule has 0 saturated carbocycles. The van der Waals surface area contributed by atoms with Crippen molar-refractivity contribution in [3.63, 3.8) is 0 Å². The van der Waals surface area contributed by atoms with Gasteiger partial charge in [0.25, 0.3) is 0 Å². The Hall–Kier alpha value is -2.57. The Morgan fingerprint density at radius 2 is 2.33 bits per heavy atom. The number of amides is 2. The number of carbonyl (C=O) groups excluding carboxylic acids is 1. The first kappa shape index (κ1) is 14.8. The van der Waals surface area contributed by atoms with Gasteiger partial charge in [-0.2, -0.15) is 0 Å². The third-order valence-electron chi connectivity index (χ3n) is 2.90. The van der Waals surface area contributed by atoms with Gasteiger partial charge in [-0.25, -0.2) is 14.8 Å². The number of aromatic nitrogens is 3. The van der Waals surface area contributed by atoms with Gasteiger partial charge in [-0.05, 0) is 13.0 Å². The molecule has 7 nitrogen and oxygen atoms in total. The molecule has 2 aromatic rings. The van der Waals surface area contributed by atoms with Gasteiger partial charge in [-0.1, -0.05) is 6.07 Å². The number of carbonyl (C=O) groups is 1. The van der Waals surface area contributed by atoms with Gasteiger partial charge in [0.15, 0.2) is 0 Å². The maximum atomic E-state index is 11.8. The highest BCUT2D eigenvalue weighted by Crippen LogP contribution is 2.12. The average Bonchev–Trinajstić information content (AvgIpc) is 2.98. The highest BCUT2D eigenvalue weighted by Gasteiger charge is 2.09. The van der Waals surface area contributed by atoms with Crippen LogP contribution in [0.2, 0.25) is 0 Å². The lowest BCUT2D eigenvalue weighted by Crippen LogP contribution is -2.42. The predicted octanol–water partition coefficient (Wildman–Crippen LogP) is 1.17. The number of hydrogen-bond donors (Lipinski definition) is 2. The lowest BCUT2D eigenvalue weighted by atomic mass is 10.2. The fourth-order valence-corrected chi connectivity index (χ4v) is 1.95. The van der Waals surface area contributed by atoms with E-state index in [9.17, 15) is 4.79 Å². The van der Waals surface area contributed by atoms with E-state index < -0.39 is 0 Å². The Kier molecular flexibility index (Phi) is 5.14. The lowest BCUT2D eigenvalue weighted by Gasteiger charge is -2.15. The molecule has 112 valence electrons. The number of imidazole rings is 1. The van der Waals surface area contributed by atoms with Crippen molar-refractivity contribution >= 4 is 6.03 Å². The second-order valence-corrected chi connectivity index (χ2v) is 4.66. The smallest absolute Gasteiger partial charge is 0.315 e. The first-order chi connectivity index (χ1) is 10.2. The Morgan fingerprint density at radius 1 is 1.48 bits per heavy atom. The monoisotopic (exact) mass is 289 g/mol. The zero-order valence-electron chi connectivity index (χ0n) is 12.1. The van der Waals surface area contributed by atoms with Crippen molar-refractivity contribution in [2.24, 2.45) is 0 Å². The van der Waals surface area contributed by atoms with Gasteiger partial charge < -0.3 is 19.9 Å². The molecular formula is C14H19N5O2. The summed E-state index contributed by atoms with van der Waals surface area (Å²) in [4.78, 5) is 19.9. The lowest BCUT2D eigenvalue weighted by molar-refractivity contribution is 0.236. The molecule has 2 rings (SSSR count). The van der Waals surface area contributed by atoms with Gasteiger partial charge in [0.2, 0.25) is 5.88 Å². The van der Waals surface area contributed by atoms with Crippen LogP contribution in [0.25, 0.3) is 0 Å². The molecule has 0 aliphatic carbocycles. The molecule has 0 radical (unpaired) electrons. The molecule has 0 aliphatic heterocycles. The summed E-state index contributed by atoms with van der Waals surface area (Å²) in [5.41, 5.74) is 0.831. The van der Waals surface area contributed by atoms with Crippen LogP contribution in [0.15, 0.2) is 37.1 Å². The number of pyridine rings is 1. The summed E-state index contributed by atoms with van der Waals surface area (Å²) in [6.45, 7) is 2.97. The van der Waals surface area contributed by atoms with E-state index in [1.807, 2.05) is 23.8 Å². The molecule has 0 unspecified atom stereocenters. The number of nitrogens with one attached hydrogen (secondary N) is 2. The van der Waals surface area contributed by atoms with E-state index in [0.29, 0.717) is 19.0 Å². The van der Waals surface area contributed by atoms with Crippen LogP contribution in [-0.2, 0) is 13.1 Å². The van der Waals surface area contributed by atoms with Gasteiger partial charge in [-0.3, -0.25) is 0 Å². The van der Waals surface area contributed by atoms with Crippen LogP contribution in [0.3, 0.4) is 0 Å². The van der Waals surface area contributed by atoms with E-state index in [1.165, 1.54) is 0 Å². The van der Waals surface area contributed by atoms with E-state index in [-0.39, 0.29) is 12.1 Å². The number of methoxy groups -OCH3 is 1. The number of urea groups is 1. The van der Waals surface area contributed by atoms with Gasteiger partial charge in [0, 0.05) is 43.3 Å². The van der Waals surface area contributed by atoms with Crippen LogP contribution < -0.4 is 15.4 Å². The summed E-state index contributed by atoms with van der Waals surface area (Å²) in [7, 11) is 1.55. The summed E-state index contributed by atoms with van der Waals surface area (Å²) in [6, 6.07) is 3.43. The minimum absolute atomic E-state index is 0.00464. The molecule has 7 heteroatoms. The van der Waals surface area contributed by atoms with Crippen molar-refractivity contribution in [2.75, 3.05) is 7.11 Å². The third kappa shape index (κ3) is 4.48. The Morgan fingerprint density at radius 3 is 3.05 bits per heavy atom. The summed E-state index contributed by atoms with van der Waals surface area (Å²) < 4.78 is 7.05. The second-order valence-electron chi connectivity index (χ2n) is 4.66. The maximum absolute atomic E-state index is 11.8. The van der Waals surface area contributed by atoms with E-state index in [2.05, 4.69) is 20.6 Å². The van der Waals surface area contributed by atoms with E-state index in [0.717, 1.165) is 5.56 Å². The molecule has 2 heterocycles. The van der Waals surface area contributed by atoms with Crippen LogP contribution in [0.5, 0.6) is 5.88 Å². The molecule has 0 bridgehead atoms. The zero-order valence-corrected chi connectivity index (χ0v) is 12.1. The van der Waals surface area contributed by atoms with Crippen LogP contribution in [0.4, 0.5) is 4.79 Å². The fourth-order valence-electron chi connectivity index (χ4n) is 1.95. The number of rotatable bonds is 6. The minimum Gasteiger partial charge on any atom is -0.481 e. The van der Waals surface area contributed by atoms with Crippen molar-refractivity contribution in [2.45, 2.75) is 26.1 Å². The number of nitrogens with zero attached hydrogens (tertiary/aromatic N) is 3. The molecular weight excluding hydrogens is 270 g/mol. The standard InChI is InChI=1S/C14H19N5O2/c1-11(9-19-7-6-15-10-19)18-14(20)17-8-12-4-3-5-16-13(12)21-2/h3-7,10-11H,8-9H2,1-2H3,(H2,17,18,20)/t11-/m1/s1. The van der Waals surface area contributed by atoms with Crippen molar-refractivity contribution in [3.05, 3.63) is 42.6 Å². The summed E-state index contributed by atoms with van der Waals surface area (Å²) >= 11 is 0. The van der Waals surface area contributed by atoms with Crippen molar-refractivity contribution < 1.29 is 9.53 Å². The second kappa shape index (κ2) is 7.28. The summed E-state index contributed by atoms with van der Waals surface area (Å²) in [5.74, 6) is 0.518. The highest BCUT2D eigenvalue weighted by atomic mass is 16.5. The van der Waals surface area contributed by atoms with Crippen LogP contribution in [0.1, 0.15) is 12.5 Å².